The number of amides is 4. The number of urea groups is 1. The Labute approximate surface area is 184 Å². The molecule has 2 aliphatic heterocycles. The molecule has 3 rings (SSSR count). The van der Waals surface area contributed by atoms with E-state index in [2.05, 4.69) is 24.1 Å². The van der Waals surface area contributed by atoms with Gasteiger partial charge in [0, 0.05) is 24.9 Å². The molecule has 0 aromatic carbocycles. The van der Waals surface area contributed by atoms with Crippen LogP contribution in [0.4, 0.5) is 4.79 Å². The third-order valence-corrected chi connectivity index (χ3v) is 6.61. The molecule has 168 valence electrons. The summed E-state index contributed by atoms with van der Waals surface area (Å²) >= 11 is 0. The van der Waals surface area contributed by atoms with Gasteiger partial charge in [-0.05, 0) is 63.5 Å². The molecule has 0 saturated carbocycles. The molecule has 1 atom stereocenters. The Morgan fingerprint density at radius 2 is 2.00 bits per heavy atom. The summed E-state index contributed by atoms with van der Waals surface area (Å²) in [7, 11) is 0. The fourth-order valence-corrected chi connectivity index (χ4v) is 4.56. The molecule has 7 nitrogen and oxygen atoms in total. The van der Waals surface area contributed by atoms with Crippen LogP contribution in [0.25, 0.3) is 0 Å². The molecule has 2 fully saturated rings. The zero-order valence-corrected chi connectivity index (χ0v) is 19.1. The monoisotopic (exact) mass is 426 g/mol. The molecule has 4 amide bonds. The van der Waals surface area contributed by atoms with Crippen molar-refractivity contribution in [2.45, 2.75) is 65.5 Å². The van der Waals surface area contributed by atoms with Gasteiger partial charge in [-0.3, -0.25) is 19.5 Å². The molecule has 1 aromatic heterocycles. The van der Waals surface area contributed by atoms with Crippen LogP contribution in [0.1, 0.15) is 59.1 Å². The average molecular weight is 427 g/mol. The Kier molecular flexibility index (Phi) is 7.13. The van der Waals surface area contributed by atoms with Crippen molar-refractivity contribution >= 4 is 17.8 Å². The molecule has 1 N–H and O–H groups in total. The van der Waals surface area contributed by atoms with E-state index in [9.17, 15) is 14.4 Å². The molecule has 0 bridgehead atoms. The number of imide groups is 1. The minimum atomic E-state index is -0.902. The Balaban J connectivity index is 1.79. The highest BCUT2D eigenvalue weighted by Gasteiger charge is 2.55. The van der Waals surface area contributed by atoms with E-state index in [-0.39, 0.29) is 30.3 Å². The molecule has 7 heteroatoms. The van der Waals surface area contributed by atoms with Crippen molar-refractivity contribution in [2.24, 2.45) is 11.8 Å². The van der Waals surface area contributed by atoms with Crippen LogP contribution >= 0.6 is 0 Å². The maximum Gasteiger partial charge on any atom is 0.325 e. The summed E-state index contributed by atoms with van der Waals surface area (Å²) < 4.78 is 0. The smallest absolute Gasteiger partial charge is 0.325 e. The van der Waals surface area contributed by atoms with E-state index in [0.717, 1.165) is 12.0 Å². The Morgan fingerprint density at radius 3 is 2.58 bits per heavy atom. The zero-order chi connectivity index (χ0) is 22.6. The first kappa shape index (κ1) is 23.0. The number of carbonyl (C=O) groups is 3. The fraction of sp³-hybridized carbons (Fsp3) is 0.583. The highest BCUT2D eigenvalue weighted by molar-refractivity contribution is 6.07. The number of rotatable bonds is 7. The molecule has 31 heavy (non-hydrogen) atoms. The van der Waals surface area contributed by atoms with Crippen molar-refractivity contribution in [3.63, 3.8) is 0 Å². The number of hydrogen-bond donors (Lipinski definition) is 1. The van der Waals surface area contributed by atoms with Crippen molar-refractivity contribution in [3.05, 3.63) is 41.7 Å². The van der Waals surface area contributed by atoms with Crippen molar-refractivity contribution < 1.29 is 14.4 Å². The van der Waals surface area contributed by atoms with Crippen LogP contribution in [0, 0.1) is 11.8 Å². The second-order valence-corrected chi connectivity index (χ2v) is 9.08. The number of carbonyl (C=O) groups excluding carboxylic acids is 3. The van der Waals surface area contributed by atoms with Crippen LogP contribution in [0.2, 0.25) is 0 Å². The highest BCUT2D eigenvalue weighted by Crippen LogP contribution is 2.38. The lowest BCUT2D eigenvalue weighted by molar-refractivity contribution is -0.135. The first-order chi connectivity index (χ1) is 14.8. The van der Waals surface area contributed by atoms with E-state index in [0.29, 0.717) is 44.0 Å². The predicted octanol–water partition coefficient (Wildman–Crippen LogP) is 3.51. The van der Waals surface area contributed by atoms with Gasteiger partial charge in [-0.15, -0.1) is 0 Å². The third-order valence-electron chi connectivity index (χ3n) is 6.61. The Hall–Kier alpha value is -2.70. The third kappa shape index (κ3) is 4.81. The maximum atomic E-state index is 13.6. The number of nitrogens with zero attached hydrogens (tertiary/aromatic N) is 3. The molecule has 2 aliphatic rings. The molecule has 2 saturated heterocycles. The number of hydrogen-bond acceptors (Lipinski definition) is 4. The van der Waals surface area contributed by atoms with Gasteiger partial charge in [-0.1, -0.05) is 26.0 Å². The van der Waals surface area contributed by atoms with E-state index < -0.39 is 5.54 Å². The van der Waals surface area contributed by atoms with Crippen molar-refractivity contribution in [2.75, 3.05) is 13.1 Å². The standard InChI is InChI=1S/C24H34N4O3/c1-5-18(4)21(29)27-14-10-19(11-15-27)24(12-9-17(2)3)22(30)28(23(31)26-24)16-20-8-6-7-13-25-20/h5-8,13,17,19H,9-12,14-16H2,1-4H3,(H,26,31). The molecule has 0 radical (unpaired) electrons. The van der Waals surface area contributed by atoms with Crippen LogP contribution in [-0.2, 0) is 16.1 Å². The summed E-state index contributed by atoms with van der Waals surface area (Å²) in [4.78, 5) is 46.5. The normalized spacial score (nSPS) is 22.9. The summed E-state index contributed by atoms with van der Waals surface area (Å²) in [6.45, 7) is 9.32. The van der Waals surface area contributed by atoms with Gasteiger partial charge >= 0.3 is 6.03 Å². The number of piperidine rings is 1. The summed E-state index contributed by atoms with van der Waals surface area (Å²) in [5.74, 6) is 0.325. The Morgan fingerprint density at radius 1 is 1.29 bits per heavy atom. The highest BCUT2D eigenvalue weighted by atomic mass is 16.2. The van der Waals surface area contributed by atoms with Gasteiger partial charge in [0.2, 0.25) is 5.91 Å². The number of pyridine rings is 1. The van der Waals surface area contributed by atoms with E-state index in [4.69, 9.17) is 0 Å². The molecule has 0 aliphatic carbocycles. The lowest BCUT2D eigenvalue weighted by Gasteiger charge is -2.41. The minimum Gasteiger partial charge on any atom is -0.339 e. The van der Waals surface area contributed by atoms with Crippen LogP contribution in [0.3, 0.4) is 0 Å². The SMILES string of the molecule is CC=C(C)C(=O)N1CCC(C2(CCC(C)C)NC(=O)N(Cc3ccccn3)C2=O)CC1. The molecule has 0 spiro atoms. The van der Waals surface area contributed by atoms with Crippen molar-refractivity contribution in [1.82, 2.24) is 20.1 Å². The largest absolute Gasteiger partial charge is 0.339 e. The quantitative estimate of drug-likeness (QED) is 0.534. The maximum absolute atomic E-state index is 13.6. The van der Waals surface area contributed by atoms with Crippen LogP contribution in [0.5, 0.6) is 0 Å². The summed E-state index contributed by atoms with van der Waals surface area (Å²) in [5, 5.41) is 3.09. The van der Waals surface area contributed by atoms with Gasteiger partial charge in [-0.2, -0.15) is 0 Å². The first-order valence-electron chi connectivity index (χ1n) is 11.2. The van der Waals surface area contributed by atoms with Gasteiger partial charge < -0.3 is 10.2 Å². The summed E-state index contributed by atoms with van der Waals surface area (Å²) in [5.41, 5.74) is 0.522. The van der Waals surface area contributed by atoms with Crippen molar-refractivity contribution in [1.29, 1.82) is 0 Å². The fourth-order valence-electron chi connectivity index (χ4n) is 4.56. The molecule has 3 heterocycles. The van der Waals surface area contributed by atoms with Gasteiger partial charge in [0.1, 0.15) is 5.54 Å². The Bertz CT molecular complexity index is 844. The van der Waals surface area contributed by atoms with Crippen molar-refractivity contribution in [3.8, 4) is 0 Å². The zero-order valence-electron chi connectivity index (χ0n) is 19.1. The molecule has 1 aromatic rings. The molecular weight excluding hydrogens is 392 g/mol. The second kappa shape index (κ2) is 9.62. The number of likely N-dealkylation sites (tertiary alicyclic amines) is 1. The number of nitrogens with one attached hydrogen (secondary N) is 1. The summed E-state index contributed by atoms with van der Waals surface area (Å²) in [6, 6.07) is 5.14. The predicted molar refractivity (Wildman–Crippen MR) is 119 cm³/mol. The number of allylic oxidation sites excluding steroid dienone is 1. The van der Waals surface area contributed by atoms with Gasteiger partial charge in [0.15, 0.2) is 0 Å². The van der Waals surface area contributed by atoms with E-state index in [1.54, 1.807) is 6.20 Å². The van der Waals surface area contributed by atoms with Crippen LogP contribution in [-0.4, -0.2) is 51.3 Å². The average Bonchev–Trinajstić information content (AvgIpc) is 3.02. The summed E-state index contributed by atoms with van der Waals surface area (Å²) in [6.07, 6.45) is 6.35. The second-order valence-electron chi connectivity index (χ2n) is 9.08. The lowest BCUT2D eigenvalue weighted by atomic mass is 9.73. The minimum absolute atomic E-state index is 0.00592. The van der Waals surface area contributed by atoms with E-state index >= 15 is 0 Å². The lowest BCUT2D eigenvalue weighted by Crippen LogP contribution is -2.56. The van der Waals surface area contributed by atoms with Crippen LogP contribution < -0.4 is 5.32 Å². The number of aromatic nitrogens is 1. The first-order valence-corrected chi connectivity index (χ1v) is 11.2. The van der Waals surface area contributed by atoms with Gasteiger partial charge in [0.05, 0.1) is 12.2 Å². The van der Waals surface area contributed by atoms with Crippen LogP contribution in [0.15, 0.2) is 36.0 Å². The van der Waals surface area contributed by atoms with E-state index in [1.807, 2.05) is 43.0 Å². The van der Waals surface area contributed by atoms with Gasteiger partial charge in [-0.25, -0.2) is 4.79 Å². The van der Waals surface area contributed by atoms with Gasteiger partial charge in [0.25, 0.3) is 5.91 Å². The molecule has 1 unspecified atom stereocenters. The topological polar surface area (TPSA) is 82.6 Å². The molecular formula is C24H34N4O3. The van der Waals surface area contributed by atoms with E-state index in [1.165, 1.54) is 4.90 Å².